The van der Waals surface area contributed by atoms with E-state index in [1.54, 1.807) is 32.4 Å². The number of oxime groups is 1. The van der Waals surface area contributed by atoms with Gasteiger partial charge in [0.1, 0.15) is 11.5 Å². The van der Waals surface area contributed by atoms with Crippen molar-refractivity contribution in [1.29, 1.82) is 0 Å². The van der Waals surface area contributed by atoms with Crippen molar-refractivity contribution in [3.05, 3.63) is 48.0 Å². The number of carbonyl (C=O) groups excluding carboxylic acids is 1. The van der Waals surface area contributed by atoms with Crippen LogP contribution < -0.4 is 19.7 Å². The van der Waals surface area contributed by atoms with Gasteiger partial charge in [-0.15, -0.1) is 0 Å². The first-order valence-corrected chi connectivity index (χ1v) is 9.72. The Kier molecular flexibility index (Phi) is 7.33. The minimum Gasteiger partial charge on any atom is -0.497 e. The van der Waals surface area contributed by atoms with Crippen molar-refractivity contribution in [2.45, 2.75) is 19.3 Å². The zero-order chi connectivity index (χ0) is 20.5. The van der Waals surface area contributed by atoms with E-state index in [9.17, 15) is 4.79 Å². The Balaban J connectivity index is 1.48. The van der Waals surface area contributed by atoms with Gasteiger partial charge in [-0.3, -0.25) is 4.79 Å². The van der Waals surface area contributed by atoms with Crippen LogP contribution in [0.1, 0.15) is 24.8 Å². The van der Waals surface area contributed by atoms with E-state index in [-0.39, 0.29) is 12.5 Å². The van der Waals surface area contributed by atoms with Crippen molar-refractivity contribution in [3.63, 3.8) is 0 Å². The first kappa shape index (κ1) is 20.5. The SMILES string of the molecule is COc1ccc(OC)c(/C=N\OCC(=O)Nc2ccc(N3CCCCC3)cc2)c1. The van der Waals surface area contributed by atoms with Crippen LogP contribution in [0.25, 0.3) is 0 Å². The number of hydrogen-bond acceptors (Lipinski definition) is 6. The predicted octanol–water partition coefficient (Wildman–Crippen LogP) is 3.68. The third kappa shape index (κ3) is 5.88. The molecular formula is C22H27N3O4. The summed E-state index contributed by atoms with van der Waals surface area (Å²) < 4.78 is 10.5. The standard InChI is InChI=1S/C22H27N3O4/c1-27-20-10-11-21(28-2)17(14-20)15-23-29-16-22(26)24-18-6-8-19(9-7-18)25-12-4-3-5-13-25/h6-11,14-15H,3-5,12-13,16H2,1-2H3,(H,24,26)/b23-15-. The van der Waals surface area contributed by atoms with Crippen molar-refractivity contribution in [2.24, 2.45) is 5.16 Å². The number of carbonyl (C=O) groups is 1. The van der Waals surface area contributed by atoms with Crippen LogP contribution in [-0.2, 0) is 9.63 Å². The third-order valence-electron chi connectivity index (χ3n) is 4.77. The molecule has 1 N–H and O–H groups in total. The van der Waals surface area contributed by atoms with Gasteiger partial charge >= 0.3 is 0 Å². The summed E-state index contributed by atoms with van der Waals surface area (Å²) in [6.45, 7) is 2.00. The van der Waals surface area contributed by atoms with Gasteiger partial charge in [-0.2, -0.15) is 0 Å². The van der Waals surface area contributed by atoms with E-state index in [0.29, 0.717) is 17.1 Å². The maximum Gasteiger partial charge on any atom is 0.265 e. The molecule has 0 spiro atoms. The van der Waals surface area contributed by atoms with E-state index in [1.165, 1.54) is 31.2 Å². The molecule has 29 heavy (non-hydrogen) atoms. The third-order valence-corrected chi connectivity index (χ3v) is 4.77. The Morgan fingerprint density at radius 2 is 1.83 bits per heavy atom. The normalized spacial score (nSPS) is 13.9. The maximum absolute atomic E-state index is 12.1. The molecular weight excluding hydrogens is 370 g/mol. The van der Waals surface area contributed by atoms with Gasteiger partial charge in [-0.1, -0.05) is 5.16 Å². The van der Waals surface area contributed by atoms with Gasteiger partial charge in [-0.05, 0) is 61.7 Å². The molecule has 1 aliphatic heterocycles. The number of ether oxygens (including phenoxy) is 2. The number of piperidine rings is 1. The molecule has 0 aromatic heterocycles. The minimum absolute atomic E-state index is 0.184. The molecule has 0 radical (unpaired) electrons. The molecule has 0 saturated carbocycles. The van der Waals surface area contributed by atoms with E-state index in [0.717, 1.165) is 18.8 Å². The quantitative estimate of drug-likeness (QED) is 0.543. The largest absolute Gasteiger partial charge is 0.497 e. The van der Waals surface area contributed by atoms with Crippen LogP contribution >= 0.6 is 0 Å². The smallest absolute Gasteiger partial charge is 0.265 e. The molecule has 0 bridgehead atoms. The predicted molar refractivity (Wildman–Crippen MR) is 114 cm³/mol. The van der Waals surface area contributed by atoms with Crippen molar-refractivity contribution >= 4 is 23.5 Å². The highest BCUT2D eigenvalue weighted by Crippen LogP contribution is 2.23. The fourth-order valence-corrected chi connectivity index (χ4v) is 3.24. The summed E-state index contributed by atoms with van der Waals surface area (Å²) in [7, 11) is 3.16. The van der Waals surface area contributed by atoms with Crippen LogP contribution in [0, 0.1) is 0 Å². The lowest BCUT2D eigenvalue weighted by Crippen LogP contribution is -2.29. The van der Waals surface area contributed by atoms with Gasteiger partial charge in [0, 0.05) is 30.0 Å². The summed E-state index contributed by atoms with van der Waals surface area (Å²) in [5.41, 5.74) is 2.62. The Bertz CT molecular complexity index is 830. The van der Waals surface area contributed by atoms with Crippen molar-refractivity contribution in [1.82, 2.24) is 0 Å². The fourth-order valence-electron chi connectivity index (χ4n) is 3.24. The molecule has 2 aromatic carbocycles. The van der Waals surface area contributed by atoms with Gasteiger partial charge in [0.05, 0.1) is 20.4 Å². The minimum atomic E-state index is -0.273. The Morgan fingerprint density at radius 3 is 2.52 bits per heavy atom. The number of nitrogens with one attached hydrogen (secondary N) is 1. The molecule has 7 nitrogen and oxygen atoms in total. The summed E-state index contributed by atoms with van der Waals surface area (Å²) in [6.07, 6.45) is 5.26. The lowest BCUT2D eigenvalue weighted by Gasteiger charge is -2.28. The molecule has 0 unspecified atom stereocenters. The van der Waals surface area contributed by atoms with E-state index >= 15 is 0 Å². The molecule has 3 rings (SSSR count). The molecule has 1 heterocycles. The van der Waals surface area contributed by atoms with Gasteiger partial charge in [-0.25, -0.2) is 0 Å². The molecule has 1 fully saturated rings. The van der Waals surface area contributed by atoms with Crippen LogP contribution in [0.2, 0.25) is 0 Å². The number of hydrogen-bond donors (Lipinski definition) is 1. The lowest BCUT2D eigenvalue weighted by atomic mass is 10.1. The van der Waals surface area contributed by atoms with E-state index in [1.807, 2.05) is 24.3 Å². The zero-order valence-electron chi connectivity index (χ0n) is 16.9. The van der Waals surface area contributed by atoms with Crippen LogP contribution in [0.4, 0.5) is 11.4 Å². The number of amides is 1. The summed E-state index contributed by atoms with van der Waals surface area (Å²) in [5, 5.41) is 6.66. The van der Waals surface area contributed by atoms with E-state index in [4.69, 9.17) is 14.3 Å². The lowest BCUT2D eigenvalue weighted by molar-refractivity contribution is -0.120. The Hall–Kier alpha value is -3.22. The number of rotatable bonds is 8. The fraction of sp³-hybridized carbons (Fsp3) is 0.364. The second-order valence-electron chi connectivity index (χ2n) is 6.76. The number of benzene rings is 2. The van der Waals surface area contributed by atoms with Crippen molar-refractivity contribution < 1.29 is 19.1 Å². The molecule has 1 amide bonds. The summed E-state index contributed by atoms with van der Waals surface area (Å²) in [4.78, 5) is 19.6. The number of methoxy groups -OCH3 is 2. The van der Waals surface area contributed by atoms with E-state index in [2.05, 4.69) is 15.4 Å². The van der Waals surface area contributed by atoms with E-state index < -0.39 is 0 Å². The van der Waals surface area contributed by atoms with Gasteiger partial charge in [0.2, 0.25) is 0 Å². The monoisotopic (exact) mass is 397 g/mol. The summed E-state index contributed by atoms with van der Waals surface area (Å²) in [6, 6.07) is 13.2. The Labute approximate surface area is 171 Å². The molecule has 0 aliphatic carbocycles. The van der Waals surface area contributed by atoms with Crippen LogP contribution in [-0.4, -0.2) is 46.0 Å². The second kappa shape index (κ2) is 10.4. The first-order valence-electron chi connectivity index (χ1n) is 9.72. The number of anilines is 2. The highest BCUT2D eigenvalue weighted by atomic mass is 16.6. The van der Waals surface area contributed by atoms with Crippen LogP contribution in [0.3, 0.4) is 0 Å². The van der Waals surface area contributed by atoms with Crippen molar-refractivity contribution in [2.75, 3.05) is 44.1 Å². The number of nitrogens with zero attached hydrogens (tertiary/aromatic N) is 2. The maximum atomic E-state index is 12.1. The average Bonchev–Trinajstić information content (AvgIpc) is 2.77. The molecule has 0 atom stereocenters. The highest BCUT2D eigenvalue weighted by Gasteiger charge is 2.11. The molecule has 1 aliphatic rings. The van der Waals surface area contributed by atoms with Crippen molar-refractivity contribution in [3.8, 4) is 11.5 Å². The Morgan fingerprint density at radius 1 is 1.07 bits per heavy atom. The highest BCUT2D eigenvalue weighted by molar-refractivity contribution is 5.92. The van der Waals surface area contributed by atoms with Gasteiger partial charge in [0.25, 0.3) is 5.91 Å². The van der Waals surface area contributed by atoms with Gasteiger partial charge < -0.3 is 24.5 Å². The average molecular weight is 397 g/mol. The molecule has 2 aromatic rings. The van der Waals surface area contributed by atoms with Crippen LogP contribution in [0.15, 0.2) is 47.6 Å². The van der Waals surface area contributed by atoms with Crippen LogP contribution in [0.5, 0.6) is 11.5 Å². The second-order valence-corrected chi connectivity index (χ2v) is 6.76. The van der Waals surface area contributed by atoms with Gasteiger partial charge in [0.15, 0.2) is 6.61 Å². The summed E-state index contributed by atoms with van der Waals surface area (Å²) in [5.74, 6) is 1.04. The molecule has 154 valence electrons. The molecule has 7 heteroatoms. The topological polar surface area (TPSA) is 72.4 Å². The zero-order valence-corrected chi connectivity index (χ0v) is 16.9. The first-order chi connectivity index (χ1) is 14.2. The molecule has 1 saturated heterocycles. The summed E-state index contributed by atoms with van der Waals surface area (Å²) >= 11 is 0.